The van der Waals surface area contributed by atoms with Crippen LogP contribution in [0, 0.1) is 0 Å². The molecule has 2 aliphatic rings. The Morgan fingerprint density at radius 2 is 2.04 bits per heavy atom. The SMILES string of the molecule is COc1cccc(CN2[C@@H]3CC[C@H]2CC(O)C3)c1OCCn1ccnc1. The van der Waals surface area contributed by atoms with Crippen molar-refractivity contribution in [2.75, 3.05) is 13.7 Å². The second-order valence-electron chi connectivity index (χ2n) is 7.28. The second kappa shape index (κ2) is 7.68. The molecule has 0 saturated carbocycles. The third-order valence-corrected chi connectivity index (χ3v) is 5.65. The van der Waals surface area contributed by atoms with E-state index < -0.39 is 0 Å². The van der Waals surface area contributed by atoms with Gasteiger partial charge in [0.05, 0.1) is 26.1 Å². The molecule has 4 rings (SSSR count). The highest BCUT2D eigenvalue weighted by Crippen LogP contribution is 2.39. The molecule has 140 valence electrons. The number of imidazole rings is 1. The maximum Gasteiger partial charge on any atom is 0.165 e. The van der Waals surface area contributed by atoms with E-state index >= 15 is 0 Å². The first-order valence-corrected chi connectivity index (χ1v) is 9.43. The van der Waals surface area contributed by atoms with E-state index in [1.807, 2.05) is 22.9 Å². The monoisotopic (exact) mass is 357 g/mol. The summed E-state index contributed by atoms with van der Waals surface area (Å²) in [6.45, 7) is 2.16. The van der Waals surface area contributed by atoms with Crippen LogP contribution in [0.1, 0.15) is 31.2 Å². The van der Waals surface area contributed by atoms with Crippen molar-refractivity contribution in [1.29, 1.82) is 0 Å². The van der Waals surface area contributed by atoms with Crippen LogP contribution in [0.2, 0.25) is 0 Å². The number of para-hydroxylation sites is 1. The molecule has 2 saturated heterocycles. The van der Waals surface area contributed by atoms with Gasteiger partial charge in [-0.1, -0.05) is 12.1 Å². The molecule has 0 spiro atoms. The number of hydrogen-bond donors (Lipinski definition) is 1. The minimum Gasteiger partial charge on any atom is -0.493 e. The topological polar surface area (TPSA) is 59.8 Å². The predicted octanol–water partition coefficient (Wildman–Crippen LogP) is 2.46. The number of hydrogen-bond acceptors (Lipinski definition) is 5. The van der Waals surface area contributed by atoms with E-state index in [4.69, 9.17) is 9.47 Å². The van der Waals surface area contributed by atoms with Crippen molar-refractivity contribution >= 4 is 0 Å². The number of aliphatic hydroxyl groups excluding tert-OH is 1. The van der Waals surface area contributed by atoms with Crippen molar-refractivity contribution in [1.82, 2.24) is 14.5 Å². The molecule has 1 aromatic carbocycles. The number of piperidine rings is 1. The van der Waals surface area contributed by atoms with Gasteiger partial charge in [0.2, 0.25) is 0 Å². The lowest BCUT2D eigenvalue weighted by Crippen LogP contribution is -2.44. The average Bonchev–Trinajstić information content (AvgIpc) is 3.23. The van der Waals surface area contributed by atoms with Gasteiger partial charge in [0, 0.05) is 36.6 Å². The first kappa shape index (κ1) is 17.4. The van der Waals surface area contributed by atoms with E-state index in [1.165, 1.54) is 12.8 Å². The summed E-state index contributed by atoms with van der Waals surface area (Å²) < 4.78 is 13.7. The second-order valence-corrected chi connectivity index (χ2v) is 7.28. The summed E-state index contributed by atoms with van der Waals surface area (Å²) in [5.41, 5.74) is 1.16. The zero-order valence-electron chi connectivity index (χ0n) is 15.3. The molecule has 6 heteroatoms. The molecule has 1 N–H and O–H groups in total. The Hall–Kier alpha value is -2.05. The summed E-state index contributed by atoms with van der Waals surface area (Å²) >= 11 is 0. The number of aliphatic hydroxyl groups is 1. The zero-order valence-corrected chi connectivity index (χ0v) is 15.3. The summed E-state index contributed by atoms with van der Waals surface area (Å²) in [5, 5.41) is 10.0. The molecule has 2 bridgehead atoms. The van der Waals surface area contributed by atoms with Crippen LogP contribution in [0.15, 0.2) is 36.9 Å². The van der Waals surface area contributed by atoms with Gasteiger partial charge >= 0.3 is 0 Å². The number of ether oxygens (including phenoxy) is 2. The number of nitrogens with zero attached hydrogens (tertiary/aromatic N) is 3. The largest absolute Gasteiger partial charge is 0.493 e. The van der Waals surface area contributed by atoms with Crippen LogP contribution >= 0.6 is 0 Å². The fraction of sp³-hybridized carbons (Fsp3) is 0.550. The van der Waals surface area contributed by atoms with Crippen LogP contribution < -0.4 is 9.47 Å². The molecule has 0 amide bonds. The van der Waals surface area contributed by atoms with Crippen LogP contribution in [-0.4, -0.2) is 51.5 Å². The lowest BCUT2D eigenvalue weighted by Gasteiger charge is -2.37. The molecule has 0 aliphatic carbocycles. The lowest BCUT2D eigenvalue weighted by molar-refractivity contribution is 0.0305. The Kier molecular flexibility index (Phi) is 5.13. The number of benzene rings is 1. The van der Waals surface area contributed by atoms with E-state index in [0.717, 1.165) is 43.0 Å². The fourth-order valence-electron chi connectivity index (χ4n) is 4.38. The van der Waals surface area contributed by atoms with Gasteiger partial charge in [0.25, 0.3) is 0 Å². The lowest BCUT2D eigenvalue weighted by atomic mass is 9.99. The molecule has 2 fully saturated rings. The number of rotatable bonds is 7. The standard InChI is InChI=1S/C20H27N3O3/c1-25-19-4-2-3-15(20(19)26-10-9-22-8-7-21-14-22)13-23-16-5-6-17(23)12-18(24)11-16/h2-4,7-8,14,16-18,24H,5-6,9-13H2,1H3/t16-,17+,18?. The number of aromatic nitrogens is 2. The number of methoxy groups -OCH3 is 1. The van der Waals surface area contributed by atoms with E-state index in [9.17, 15) is 5.11 Å². The summed E-state index contributed by atoms with van der Waals surface area (Å²) in [7, 11) is 1.68. The minimum atomic E-state index is -0.139. The maximum absolute atomic E-state index is 10.0. The number of fused-ring (bicyclic) bond motifs is 2. The first-order valence-electron chi connectivity index (χ1n) is 9.43. The zero-order chi connectivity index (χ0) is 17.9. The molecule has 3 heterocycles. The molecule has 2 aliphatic heterocycles. The smallest absolute Gasteiger partial charge is 0.165 e. The molecule has 1 unspecified atom stereocenters. The highest BCUT2D eigenvalue weighted by atomic mass is 16.5. The molecule has 0 radical (unpaired) electrons. The van der Waals surface area contributed by atoms with Crippen LogP contribution in [0.25, 0.3) is 0 Å². The molecular weight excluding hydrogens is 330 g/mol. The van der Waals surface area contributed by atoms with Crippen LogP contribution in [0.4, 0.5) is 0 Å². The van der Waals surface area contributed by atoms with Gasteiger partial charge < -0.3 is 19.1 Å². The molecular formula is C20H27N3O3. The van der Waals surface area contributed by atoms with Gasteiger partial charge in [-0.25, -0.2) is 4.98 Å². The van der Waals surface area contributed by atoms with Crippen LogP contribution in [0.5, 0.6) is 11.5 Å². The minimum absolute atomic E-state index is 0.139. The summed E-state index contributed by atoms with van der Waals surface area (Å²) in [6.07, 6.45) is 9.50. The van der Waals surface area contributed by atoms with E-state index in [1.54, 1.807) is 19.6 Å². The van der Waals surface area contributed by atoms with E-state index in [-0.39, 0.29) is 6.10 Å². The van der Waals surface area contributed by atoms with Gasteiger partial charge in [-0.3, -0.25) is 4.90 Å². The van der Waals surface area contributed by atoms with Crippen molar-refractivity contribution in [3.8, 4) is 11.5 Å². The summed E-state index contributed by atoms with van der Waals surface area (Å²) in [5.74, 6) is 1.61. The first-order chi connectivity index (χ1) is 12.7. The van der Waals surface area contributed by atoms with Crippen molar-refractivity contribution in [2.24, 2.45) is 0 Å². The third-order valence-electron chi connectivity index (χ3n) is 5.65. The fourth-order valence-corrected chi connectivity index (χ4v) is 4.38. The predicted molar refractivity (Wildman–Crippen MR) is 98.3 cm³/mol. The Morgan fingerprint density at radius 3 is 2.73 bits per heavy atom. The normalized spacial score (nSPS) is 25.4. The van der Waals surface area contributed by atoms with Gasteiger partial charge in [0.1, 0.15) is 6.61 Å². The third kappa shape index (κ3) is 3.57. The maximum atomic E-state index is 10.0. The van der Waals surface area contributed by atoms with Crippen molar-refractivity contribution in [3.63, 3.8) is 0 Å². The van der Waals surface area contributed by atoms with Gasteiger partial charge in [-0.05, 0) is 31.7 Å². The quantitative estimate of drug-likeness (QED) is 0.825. The highest BCUT2D eigenvalue weighted by molar-refractivity contribution is 5.46. The van der Waals surface area contributed by atoms with Gasteiger partial charge in [-0.2, -0.15) is 0 Å². The van der Waals surface area contributed by atoms with E-state index in [2.05, 4.69) is 16.0 Å². The van der Waals surface area contributed by atoms with E-state index in [0.29, 0.717) is 18.7 Å². The Labute approximate surface area is 154 Å². The molecule has 2 aromatic rings. The Bertz CT molecular complexity index is 705. The van der Waals surface area contributed by atoms with Crippen molar-refractivity contribution in [2.45, 2.75) is 57.0 Å². The van der Waals surface area contributed by atoms with Crippen molar-refractivity contribution < 1.29 is 14.6 Å². The molecule has 6 nitrogen and oxygen atoms in total. The Balaban J connectivity index is 1.48. The van der Waals surface area contributed by atoms with Crippen LogP contribution in [-0.2, 0) is 13.1 Å². The van der Waals surface area contributed by atoms with Gasteiger partial charge in [0.15, 0.2) is 11.5 Å². The summed E-state index contributed by atoms with van der Waals surface area (Å²) in [4.78, 5) is 6.61. The Morgan fingerprint density at radius 1 is 1.23 bits per heavy atom. The van der Waals surface area contributed by atoms with Crippen molar-refractivity contribution in [3.05, 3.63) is 42.5 Å². The molecule has 1 aromatic heterocycles. The highest BCUT2D eigenvalue weighted by Gasteiger charge is 2.40. The molecule has 26 heavy (non-hydrogen) atoms. The van der Waals surface area contributed by atoms with Gasteiger partial charge in [-0.15, -0.1) is 0 Å². The summed E-state index contributed by atoms with van der Waals surface area (Å²) in [6, 6.07) is 7.06. The molecule has 3 atom stereocenters. The van der Waals surface area contributed by atoms with Crippen LogP contribution in [0.3, 0.4) is 0 Å². The average molecular weight is 357 g/mol.